The molecule has 31 heavy (non-hydrogen) atoms. The molecule has 0 aromatic heterocycles. The zero-order valence-electron chi connectivity index (χ0n) is 19.1. The monoisotopic (exact) mass is 423 g/mol. The molecule has 1 heterocycles. The average molecular weight is 424 g/mol. The van der Waals surface area contributed by atoms with Crippen molar-refractivity contribution in [3.63, 3.8) is 0 Å². The molecule has 166 valence electrons. The van der Waals surface area contributed by atoms with Crippen LogP contribution < -0.4 is 10.6 Å². The molecule has 1 saturated heterocycles. The molecule has 0 saturated carbocycles. The Morgan fingerprint density at radius 2 is 1.81 bits per heavy atom. The number of hydrogen-bond acceptors (Lipinski definition) is 5. The maximum atomic E-state index is 12.8. The van der Waals surface area contributed by atoms with Crippen LogP contribution in [0.2, 0.25) is 0 Å². The quantitative estimate of drug-likeness (QED) is 0.692. The summed E-state index contributed by atoms with van der Waals surface area (Å²) >= 11 is 0. The number of esters is 1. The molecule has 1 atom stereocenters. The summed E-state index contributed by atoms with van der Waals surface area (Å²) in [5, 5.41) is 6.42. The number of piperidine rings is 1. The molecule has 2 aromatic rings. The number of likely N-dealkylation sites (tertiary alicyclic amines) is 1. The summed E-state index contributed by atoms with van der Waals surface area (Å²) in [6.45, 7) is 8.40. The lowest BCUT2D eigenvalue weighted by Crippen LogP contribution is -2.40. The molecule has 6 heteroatoms. The molecule has 2 aromatic carbocycles. The summed E-state index contributed by atoms with van der Waals surface area (Å²) < 4.78 is 4.94. The normalized spacial score (nSPS) is 17.1. The summed E-state index contributed by atoms with van der Waals surface area (Å²) in [7, 11) is 3.47. The van der Waals surface area contributed by atoms with Crippen LogP contribution >= 0.6 is 0 Å². The van der Waals surface area contributed by atoms with Gasteiger partial charge >= 0.3 is 5.97 Å². The number of benzene rings is 2. The van der Waals surface area contributed by atoms with Gasteiger partial charge in [0.1, 0.15) is 0 Å². The second kappa shape index (κ2) is 9.52. The predicted molar refractivity (Wildman–Crippen MR) is 125 cm³/mol. The first-order valence-corrected chi connectivity index (χ1v) is 10.8. The van der Waals surface area contributed by atoms with Gasteiger partial charge in [-0.2, -0.15) is 0 Å². The number of likely N-dealkylation sites (N-methyl/N-ethyl adjacent to an activating group) is 1. The van der Waals surface area contributed by atoms with Gasteiger partial charge in [0.2, 0.25) is 0 Å². The van der Waals surface area contributed by atoms with Gasteiger partial charge < -0.3 is 20.3 Å². The topological polar surface area (TPSA) is 70.7 Å². The lowest BCUT2D eigenvalue weighted by atomic mass is 9.87. The van der Waals surface area contributed by atoms with E-state index in [0.717, 1.165) is 25.9 Å². The van der Waals surface area contributed by atoms with Crippen LogP contribution in [0.4, 0.5) is 11.4 Å². The molecule has 0 bridgehead atoms. The van der Waals surface area contributed by atoms with E-state index < -0.39 is 5.97 Å². The third-order valence-corrected chi connectivity index (χ3v) is 5.68. The van der Waals surface area contributed by atoms with Crippen molar-refractivity contribution in [1.82, 2.24) is 4.90 Å². The predicted octanol–water partition coefficient (Wildman–Crippen LogP) is 4.53. The number of methoxy groups -OCH3 is 1. The Morgan fingerprint density at radius 1 is 1.10 bits per heavy atom. The van der Waals surface area contributed by atoms with Gasteiger partial charge in [-0.05, 0) is 67.7 Å². The molecule has 1 fully saturated rings. The number of rotatable bonds is 5. The van der Waals surface area contributed by atoms with Gasteiger partial charge in [0, 0.05) is 23.8 Å². The zero-order chi connectivity index (χ0) is 22.6. The minimum Gasteiger partial charge on any atom is -0.465 e. The molecule has 6 nitrogen and oxygen atoms in total. The van der Waals surface area contributed by atoms with Crippen LogP contribution in [-0.2, 0) is 10.2 Å². The summed E-state index contributed by atoms with van der Waals surface area (Å²) in [4.78, 5) is 27.3. The number of nitrogens with zero attached hydrogens (tertiary/aromatic N) is 1. The lowest BCUT2D eigenvalue weighted by Gasteiger charge is -2.31. The Balaban J connectivity index is 1.79. The summed E-state index contributed by atoms with van der Waals surface area (Å²) in [6.07, 6.45) is 2.13. The fourth-order valence-corrected chi connectivity index (χ4v) is 3.86. The van der Waals surface area contributed by atoms with Crippen molar-refractivity contribution in [3.8, 4) is 0 Å². The van der Waals surface area contributed by atoms with Gasteiger partial charge in [0.15, 0.2) is 0 Å². The first-order valence-electron chi connectivity index (χ1n) is 10.8. The first-order chi connectivity index (χ1) is 14.7. The summed E-state index contributed by atoms with van der Waals surface area (Å²) in [6, 6.07) is 13.1. The fourth-order valence-electron chi connectivity index (χ4n) is 3.86. The van der Waals surface area contributed by atoms with Crippen LogP contribution in [0.25, 0.3) is 0 Å². The molecule has 0 radical (unpaired) electrons. The maximum Gasteiger partial charge on any atom is 0.339 e. The zero-order valence-corrected chi connectivity index (χ0v) is 19.1. The summed E-state index contributed by atoms with van der Waals surface area (Å²) in [5.41, 5.74) is 3.57. The van der Waals surface area contributed by atoms with Crippen LogP contribution in [0.3, 0.4) is 0 Å². The highest BCUT2D eigenvalue weighted by molar-refractivity contribution is 6.05. The van der Waals surface area contributed by atoms with Gasteiger partial charge in [0.25, 0.3) is 5.91 Å². The number of nitrogens with one attached hydrogen (secondary N) is 2. The average Bonchev–Trinajstić information content (AvgIpc) is 2.73. The highest BCUT2D eigenvalue weighted by Crippen LogP contribution is 2.26. The number of carbonyl (C=O) groups is 2. The molecular formula is C25H33N3O3. The van der Waals surface area contributed by atoms with Crippen molar-refractivity contribution in [2.45, 2.75) is 45.1 Å². The fraction of sp³-hybridized carbons (Fsp3) is 0.440. The standard InChI is InChI=1S/C25H33N3O3/c1-25(2,3)18-10-8-17(9-11-18)23(29)27-19-12-13-21(24(30)31-5)22(15-19)26-20-7-6-14-28(4)16-20/h8-13,15,20,26H,6-7,14,16H2,1-5H3,(H,27,29). The molecule has 2 N–H and O–H groups in total. The highest BCUT2D eigenvalue weighted by Gasteiger charge is 2.21. The van der Waals surface area contributed by atoms with Crippen LogP contribution in [-0.4, -0.2) is 50.1 Å². The van der Waals surface area contributed by atoms with Crippen molar-refractivity contribution in [2.75, 3.05) is 37.9 Å². The maximum absolute atomic E-state index is 12.8. The minimum atomic E-state index is -0.401. The Labute approximate surface area is 185 Å². The number of carbonyl (C=O) groups excluding carboxylic acids is 2. The number of ether oxygens (including phenoxy) is 1. The van der Waals surface area contributed by atoms with E-state index in [1.54, 1.807) is 12.1 Å². The van der Waals surface area contributed by atoms with Gasteiger partial charge in [-0.3, -0.25) is 4.79 Å². The highest BCUT2D eigenvalue weighted by atomic mass is 16.5. The molecule has 1 unspecified atom stereocenters. The third-order valence-electron chi connectivity index (χ3n) is 5.68. The Bertz CT molecular complexity index is 932. The first kappa shape index (κ1) is 22.8. The van der Waals surface area contributed by atoms with E-state index in [4.69, 9.17) is 4.74 Å². The molecule has 1 aliphatic rings. The van der Waals surface area contributed by atoms with Crippen LogP contribution in [0.1, 0.15) is 59.9 Å². The van der Waals surface area contributed by atoms with Gasteiger partial charge in [-0.1, -0.05) is 32.9 Å². The Morgan fingerprint density at radius 3 is 2.42 bits per heavy atom. The van der Waals surface area contributed by atoms with E-state index in [-0.39, 0.29) is 17.4 Å². The van der Waals surface area contributed by atoms with Crippen LogP contribution in [0, 0.1) is 0 Å². The number of anilines is 2. The van der Waals surface area contributed by atoms with Crippen LogP contribution in [0.5, 0.6) is 0 Å². The van der Waals surface area contributed by atoms with E-state index in [9.17, 15) is 9.59 Å². The molecule has 1 amide bonds. The van der Waals surface area contributed by atoms with Gasteiger partial charge in [0.05, 0.1) is 18.4 Å². The van der Waals surface area contributed by atoms with Crippen molar-refractivity contribution < 1.29 is 14.3 Å². The van der Waals surface area contributed by atoms with Gasteiger partial charge in [-0.25, -0.2) is 4.79 Å². The minimum absolute atomic E-state index is 0.0342. The molecule has 3 rings (SSSR count). The van der Waals surface area contributed by atoms with E-state index in [1.807, 2.05) is 30.3 Å². The van der Waals surface area contributed by atoms with Crippen molar-refractivity contribution in [3.05, 3.63) is 59.2 Å². The van der Waals surface area contributed by atoms with Crippen molar-refractivity contribution >= 4 is 23.3 Å². The van der Waals surface area contributed by atoms with Crippen LogP contribution in [0.15, 0.2) is 42.5 Å². The molecule has 1 aliphatic heterocycles. The molecular weight excluding hydrogens is 390 g/mol. The Kier molecular flexibility index (Phi) is 7.01. The second-order valence-corrected chi connectivity index (χ2v) is 9.28. The van der Waals surface area contributed by atoms with E-state index in [0.29, 0.717) is 22.5 Å². The number of amides is 1. The second-order valence-electron chi connectivity index (χ2n) is 9.28. The Hall–Kier alpha value is -2.86. The van der Waals surface area contributed by atoms with Crippen molar-refractivity contribution in [1.29, 1.82) is 0 Å². The molecule has 0 spiro atoms. The lowest BCUT2D eigenvalue weighted by molar-refractivity contribution is 0.0601. The molecule has 0 aliphatic carbocycles. The summed E-state index contributed by atoms with van der Waals surface area (Å²) in [5.74, 6) is -0.586. The van der Waals surface area contributed by atoms with Crippen molar-refractivity contribution in [2.24, 2.45) is 0 Å². The SMILES string of the molecule is COC(=O)c1ccc(NC(=O)c2ccc(C(C)(C)C)cc2)cc1NC1CCCN(C)C1. The van der Waals surface area contributed by atoms with E-state index >= 15 is 0 Å². The van der Waals surface area contributed by atoms with Gasteiger partial charge in [-0.15, -0.1) is 0 Å². The third kappa shape index (κ3) is 5.85. The smallest absolute Gasteiger partial charge is 0.339 e. The largest absolute Gasteiger partial charge is 0.465 e. The van der Waals surface area contributed by atoms with E-state index in [1.165, 1.54) is 12.7 Å². The van der Waals surface area contributed by atoms with E-state index in [2.05, 4.69) is 43.4 Å². The number of hydrogen-bond donors (Lipinski definition) is 2.